The highest BCUT2D eigenvalue weighted by atomic mass is 79.9. The fourth-order valence-electron chi connectivity index (χ4n) is 4.48. The van der Waals surface area contributed by atoms with Crippen molar-refractivity contribution in [3.05, 3.63) is 110 Å². The zero-order valence-electron chi connectivity index (χ0n) is 18.0. The highest BCUT2D eigenvalue weighted by molar-refractivity contribution is 9.10. The lowest BCUT2D eigenvalue weighted by Gasteiger charge is -2.25. The molecule has 1 aromatic heterocycles. The fraction of sp³-hybridized carbons (Fsp3) is 0.111. The lowest BCUT2D eigenvalue weighted by molar-refractivity contribution is -0.139. The number of aromatic amines is 1. The Hall–Kier alpha value is -3.16. The van der Waals surface area contributed by atoms with Crippen molar-refractivity contribution in [2.75, 3.05) is 6.54 Å². The largest absolute Gasteiger partial charge is 0.507 e. The monoisotopic (exact) mass is 578 g/mol. The maximum Gasteiger partial charge on any atom is 0.295 e. The van der Waals surface area contributed by atoms with Crippen molar-refractivity contribution in [1.82, 2.24) is 9.88 Å². The Bertz CT molecular complexity index is 1440. The molecule has 0 saturated carbocycles. The number of hydrogen-bond donors (Lipinski definition) is 2. The van der Waals surface area contributed by atoms with Crippen LogP contribution < -0.4 is 0 Å². The van der Waals surface area contributed by atoms with Gasteiger partial charge in [0.05, 0.1) is 11.6 Å². The second kappa shape index (κ2) is 9.24. The van der Waals surface area contributed by atoms with Gasteiger partial charge in [-0.3, -0.25) is 9.59 Å². The van der Waals surface area contributed by atoms with E-state index in [1.807, 2.05) is 54.7 Å². The molecule has 1 aliphatic rings. The number of likely N-dealkylation sites (tertiary alicyclic amines) is 1. The van der Waals surface area contributed by atoms with Crippen molar-refractivity contribution in [1.29, 1.82) is 0 Å². The number of halogens is 2. The highest BCUT2D eigenvalue weighted by Crippen LogP contribution is 2.40. The molecule has 1 amide bonds. The predicted molar refractivity (Wildman–Crippen MR) is 139 cm³/mol. The number of aromatic nitrogens is 1. The van der Waals surface area contributed by atoms with Crippen LogP contribution in [0.1, 0.15) is 22.7 Å². The minimum atomic E-state index is -0.689. The van der Waals surface area contributed by atoms with Gasteiger partial charge in [0.1, 0.15) is 5.76 Å². The number of fused-ring (bicyclic) bond motifs is 1. The van der Waals surface area contributed by atoms with E-state index in [1.165, 1.54) is 0 Å². The van der Waals surface area contributed by atoms with Crippen molar-refractivity contribution in [3.8, 4) is 0 Å². The van der Waals surface area contributed by atoms with Gasteiger partial charge >= 0.3 is 0 Å². The van der Waals surface area contributed by atoms with Gasteiger partial charge in [0.2, 0.25) is 0 Å². The molecule has 0 unspecified atom stereocenters. The van der Waals surface area contributed by atoms with Crippen LogP contribution in [-0.4, -0.2) is 33.2 Å². The number of aliphatic hydroxyl groups excluding tert-OH is 1. The molecule has 7 heteroatoms. The van der Waals surface area contributed by atoms with Crippen LogP contribution in [-0.2, 0) is 16.0 Å². The van der Waals surface area contributed by atoms with Gasteiger partial charge in [-0.25, -0.2) is 0 Å². The number of rotatable bonds is 5. The van der Waals surface area contributed by atoms with Crippen LogP contribution in [0.25, 0.3) is 16.7 Å². The van der Waals surface area contributed by atoms with E-state index in [1.54, 1.807) is 29.2 Å². The number of nitrogens with one attached hydrogen (secondary N) is 1. The summed E-state index contributed by atoms with van der Waals surface area (Å²) in [5, 5.41) is 12.3. The first-order valence-electron chi connectivity index (χ1n) is 10.8. The van der Waals surface area contributed by atoms with Gasteiger partial charge in [0.15, 0.2) is 0 Å². The van der Waals surface area contributed by atoms with E-state index >= 15 is 0 Å². The Balaban J connectivity index is 1.57. The van der Waals surface area contributed by atoms with E-state index in [-0.39, 0.29) is 11.3 Å². The minimum Gasteiger partial charge on any atom is -0.507 e. The molecule has 1 atom stereocenters. The summed E-state index contributed by atoms with van der Waals surface area (Å²) < 4.78 is 1.68. The lowest BCUT2D eigenvalue weighted by atomic mass is 9.95. The third-order valence-electron chi connectivity index (χ3n) is 6.12. The van der Waals surface area contributed by atoms with E-state index in [4.69, 9.17) is 0 Å². The number of para-hydroxylation sites is 1. The average Bonchev–Trinajstić information content (AvgIpc) is 3.36. The number of carbonyl (C=O) groups excluding carboxylic acids is 2. The number of aliphatic hydroxyl groups is 1. The Labute approximate surface area is 213 Å². The van der Waals surface area contributed by atoms with Crippen molar-refractivity contribution in [3.63, 3.8) is 0 Å². The number of Topliss-reactive ketones (excluding diaryl/α,β-unsaturated/α-hetero) is 1. The molecule has 1 fully saturated rings. The smallest absolute Gasteiger partial charge is 0.295 e. The normalized spacial score (nSPS) is 17.6. The zero-order valence-corrected chi connectivity index (χ0v) is 21.1. The van der Waals surface area contributed by atoms with E-state index < -0.39 is 17.7 Å². The first-order valence-corrected chi connectivity index (χ1v) is 12.4. The molecule has 5 rings (SSSR count). The molecule has 2 N–H and O–H groups in total. The molecule has 1 saturated heterocycles. The van der Waals surface area contributed by atoms with Crippen molar-refractivity contribution >= 4 is 60.2 Å². The van der Waals surface area contributed by atoms with E-state index in [2.05, 4.69) is 36.8 Å². The molecule has 0 bridgehead atoms. The summed E-state index contributed by atoms with van der Waals surface area (Å²) in [6.07, 6.45) is 2.51. The number of hydrogen-bond acceptors (Lipinski definition) is 3. The van der Waals surface area contributed by atoms with Crippen LogP contribution in [0, 0.1) is 0 Å². The van der Waals surface area contributed by atoms with Gasteiger partial charge < -0.3 is 15.0 Å². The minimum absolute atomic E-state index is 0.101. The second-order valence-electron chi connectivity index (χ2n) is 8.16. The molecule has 1 aliphatic heterocycles. The molecular formula is C27H20Br2N2O3. The highest BCUT2D eigenvalue weighted by Gasteiger charge is 2.45. The first kappa shape index (κ1) is 22.6. The number of nitrogens with zero attached hydrogens (tertiary/aromatic N) is 1. The molecule has 2 heterocycles. The number of ketones is 1. The second-order valence-corrected chi connectivity index (χ2v) is 10.00. The van der Waals surface area contributed by atoms with Crippen LogP contribution in [0.2, 0.25) is 0 Å². The van der Waals surface area contributed by atoms with Crippen molar-refractivity contribution in [2.24, 2.45) is 0 Å². The molecule has 3 aromatic carbocycles. The summed E-state index contributed by atoms with van der Waals surface area (Å²) >= 11 is 6.88. The Morgan fingerprint density at radius 3 is 2.47 bits per heavy atom. The SMILES string of the molecule is O=C1C(=O)N(CCc2c[nH]c3ccccc23)[C@@H](c2cccc(Br)c2)C1=C(O)c1ccc(Br)cc1. The molecule has 4 aromatic rings. The van der Waals surface area contributed by atoms with Crippen LogP contribution in [0.4, 0.5) is 0 Å². The van der Waals surface area contributed by atoms with Crippen molar-refractivity contribution < 1.29 is 14.7 Å². The first-order chi connectivity index (χ1) is 16.4. The summed E-state index contributed by atoms with van der Waals surface area (Å²) in [5.41, 5.74) is 3.44. The number of H-pyrrole nitrogens is 1. The van der Waals surface area contributed by atoms with Gasteiger partial charge in [-0.2, -0.15) is 0 Å². The van der Waals surface area contributed by atoms with Gasteiger partial charge in [-0.05, 0) is 47.9 Å². The van der Waals surface area contributed by atoms with E-state index in [0.717, 1.165) is 31.0 Å². The maximum absolute atomic E-state index is 13.2. The Morgan fingerprint density at radius 2 is 1.71 bits per heavy atom. The Kier molecular flexibility index (Phi) is 6.15. The molecule has 0 radical (unpaired) electrons. The predicted octanol–water partition coefficient (Wildman–Crippen LogP) is 6.36. The van der Waals surface area contributed by atoms with Gasteiger partial charge in [0.25, 0.3) is 11.7 Å². The van der Waals surface area contributed by atoms with Crippen LogP contribution in [0.5, 0.6) is 0 Å². The summed E-state index contributed by atoms with van der Waals surface area (Å²) in [6, 6.07) is 21.8. The van der Waals surface area contributed by atoms with Crippen LogP contribution in [0.15, 0.2) is 93.5 Å². The molecule has 34 heavy (non-hydrogen) atoms. The van der Waals surface area contributed by atoms with Gasteiger partial charge in [0, 0.05) is 38.2 Å². The lowest BCUT2D eigenvalue weighted by Crippen LogP contribution is -2.31. The van der Waals surface area contributed by atoms with Crippen LogP contribution >= 0.6 is 31.9 Å². The third kappa shape index (κ3) is 4.10. The van der Waals surface area contributed by atoms with E-state index in [0.29, 0.717) is 18.5 Å². The molecule has 0 aliphatic carbocycles. The van der Waals surface area contributed by atoms with Crippen molar-refractivity contribution in [2.45, 2.75) is 12.5 Å². The quantitative estimate of drug-likeness (QED) is 0.164. The van der Waals surface area contributed by atoms with Gasteiger partial charge in [-0.1, -0.05) is 74.3 Å². The molecule has 5 nitrogen and oxygen atoms in total. The van der Waals surface area contributed by atoms with Crippen LogP contribution in [0.3, 0.4) is 0 Å². The summed E-state index contributed by atoms with van der Waals surface area (Å²) in [5.74, 6) is -1.46. The maximum atomic E-state index is 13.2. The number of amides is 1. The number of benzene rings is 3. The summed E-state index contributed by atoms with van der Waals surface area (Å²) in [6.45, 7) is 0.334. The topological polar surface area (TPSA) is 73.4 Å². The number of carbonyl (C=O) groups is 2. The molecule has 0 spiro atoms. The third-order valence-corrected chi connectivity index (χ3v) is 7.14. The Morgan fingerprint density at radius 1 is 0.941 bits per heavy atom. The van der Waals surface area contributed by atoms with E-state index in [9.17, 15) is 14.7 Å². The molecular weight excluding hydrogens is 560 g/mol. The summed E-state index contributed by atoms with van der Waals surface area (Å²) in [7, 11) is 0. The average molecular weight is 580 g/mol. The summed E-state index contributed by atoms with van der Waals surface area (Å²) in [4.78, 5) is 31.2. The molecule has 170 valence electrons. The zero-order chi connectivity index (χ0) is 23.8. The standard InChI is InChI=1S/C27H20Br2N2O3/c28-19-10-8-16(9-11-19)25(32)23-24(17-4-3-5-20(29)14-17)31(27(34)26(23)33)13-12-18-15-30-22-7-2-1-6-21(18)22/h1-11,14-15,24,30,32H,12-13H2/t24-/m0/s1. The fourth-order valence-corrected chi connectivity index (χ4v) is 5.16. The van der Waals surface area contributed by atoms with Gasteiger partial charge in [-0.15, -0.1) is 0 Å².